The van der Waals surface area contributed by atoms with Crippen LogP contribution in [-0.4, -0.2) is 28.8 Å². The number of aryl methyl sites for hydroxylation is 1. The highest BCUT2D eigenvalue weighted by Gasteiger charge is 2.26. The number of benzene rings is 2. The molecule has 0 amide bonds. The molecule has 0 saturated heterocycles. The molecule has 0 fully saturated rings. The first-order chi connectivity index (χ1) is 12.5. The molecular weight excluding hydrogens is 392 g/mol. The van der Waals surface area contributed by atoms with E-state index in [1.807, 2.05) is 0 Å². The Hall–Kier alpha value is -2.96. The lowest BCUT2D eigenvalue weighted by atomic mass is 10.2. The molecule has 0 atom stereocenters. The summed E-state index contributed by atoms with van der Waals surface area (Å²) in [5.74, 6) is -0.754. The molecule has 2 aromatic carbocycles. The fraction of sp³-hybridized carbons (Fsp3) is 0.0667. The van der Waals surface area contributed by atoms with Gasteiger partial charge in [0.2, 0.25) is 5.96 Å². The Kier molecular flexibility index (Phi) is 5.83. The highest BCUT2D eigenvalue weighted by molar-refractivity contribution is 8.04. The van der Waals surface area contributed by atoms with Crippen LogP contribution in [0.3, 0.4) is 0 Å². The van der Waals surface area contributed by atoms with Crippen molar-refractivity contribution in [2.24, 2.45) is 27.2 Å². The number of sulfonamides is 2. The molecule has 0 aliphatic heterocycles. The number of para-hydroxylation sites is 1. The maximum Gasteiger partial charge on any atom is 0.255 e. The van der Waals surface area contributed by atoms with Crippen molar-refractivity contribution in [2.75, 3.05) is 0 Å². The fourth-order valence-electron chi connectivity index (χ4n) is 2.08. The zero-order valence-corrected chi connectivity index (χ0v) is 15.8. The van der Waals surface area contributed by atoms with Crippen LogP contribution in [0.2, 0.25) is 0 Å². The van der Waals surface area contributed by atoms with Crippen molar-refractivity contribution < 1.29 is 16.8 Å². The predicted octanol–water partition coefficient (Wildman–Crippen LogP) is -0.118. The number of nitrogens with two attached hydrogens (primary N) is 3. The number of hydrogen-bond donors (Lipinski definition) is 4. The maximum absolute atomic E-state index is 12.6. The third-order valence-electron chi connectivity index (χ3n) is 3.15. The molecule has 27 heavy (non-hydrogen) atoms. The number of rotatable bonds is 5. The molecule has 0 heterocycles. The van der Waals surface area contributed by atoms with E-state index in [9.17, 15) is 16.8 Å². The highest BCUT2D eigenvalue weighted by Crippen LogP contribution is 2.25. The van der Waals surface area contributed by atoms with Gasteiger partial charge in [-0.3, -0.25) is 0 Å². The summed E-state index contributed by atoms with van der Waals surface area (Å²) in [5, 5.41) is 0. The Morgan fingerprint density at radius 2 is 1.59 bits per heavy atom. The van der Waals surface area contributed by atoms with Crippen molar-refractivity contribution in [1.82, 2.24) is 4.13 Å². The van der Waals surface area contributed by atoms with Crippen LogP contribution in [-0.2, 0) is 20.0 Å². The summed E-state index contributed by atoms with van der Waals surface area (Å²) >= 11 is 0. The molecule has 0 spiro atoms. The summed E-state index contributed by atoms with van der Waals surface area (Å²) in [6, 6.07) is 11.2. The van der Waals surface area contributed by atoms with Gasteiger partial charge in [0.1, 0.15) is 4.90 Å². The maximum atomic E-state index is 12.6. The topological polar surface area (TPSA) is 183 Å². The van der Waals surface area contributed by atoms with Gasteiger partial charge in [0.25, 0.3) is 20.0 Å². The van der Waals surface area contributed by atoms with E-state index in [1.54, 1.807) is 17.1 Å². The van der Waals surface area contributed by atoms with Gasteiger partial charge in [0, 0.05) is 0 Å². The molecule has 0 aliphatic rings. The van der Waals surface area contributed by atoms with E-state index in [1.165, 1.54) is 42.5 Å². The Morgan fingerprint density at radius 3 is 2.22 bits per heavy atom. The average molecular weight is 410 g/mol. The molecule has 12 heteroatoms. The van der Waals surface area contributed by atoms with Crippen LogP contribution >= 0.6 is 0 Å². The van der Waals surface area contributed by atoms with Gasteiger partial charge in [0.15, 0.2) is 5.96 Å². The van der Waals surface area contributed by atoms with Gasteiger partial charge in [-0.1, -0.05) is 24.3 Å². The monoisotopic (exact) mass is 410 g/mol. The van der Waals surface area contributed by atoms with Crippen LogP contribution in [0.5, 0.6) is 0 Å². The van der Waals surface area contributed by atoms with E-state index in [2.05, 4.69) is 9.98 Å². The first kappa shape index (κ1) is 20.4. The Balaban J connectivity index is 2.48. The molecular formula is C15H18N6O4S2. The molecule has 0 aliphatic carbocycles. The summed E-state index contributed by atoms with van der Waals surface area (Å²) in [5.41, 5.74) is 16.4. The zero-order chi connectivity index (χ0) is 20.2. The molecule has 10 nitrogen and oxygen atoms in total. The summed E-state index contributed by atoms with van der Waals surface area (Å²) in [4.78, 5) is 6.71. The van der Waals surface area contributed by atoms with E-state index in [0.29, 0.717) is 5.56 Å². The Labute approximate surface area is 156 Å². The molecule has 0 unspecified atom stereocenters. The molecule has 0 radical (unpaired) electrons. The van der Waals surface area contributed by atoms with Crippen molar-refractivity contribution in [1.29, 1.82) is 0 Å². The summed E-state index contributed by atoms with van der Waals surface area (Å²) in [6.45, 7) is 1.68. The van der Waals surface area contributed by atoms with Crippen LogP contribution in [0.1, 0.15) is 5.56 Å². The number of hydrogen-bond acceptors (Lipinski definition) is 5. The van der Waals surface area contributed by atoms with Crippen molar-refractivity contribution >= 4 is 37.7 Å². The average Bonchev–Trinajstić information content (AvgIpc) is 2.53. The van der Waals surface area contributed by atoms with Gasteiger partial charge in [-0.2, -0.15) is 4.99 Å². The summed E-state index contributed by atoms with van der Waals surface area (Å²) < 4.78 is 51.9. The second kappa shape index (κ2) is 7.73. The van der Waals surface area contributed by atoms with E-state index >= 15 is 0 Å². The van der Waals surface area contributed by atoms with Crippen molar-refractivity contribution in [3.63, 3.8) is 0 Å². The smallest absolute Gasteiger partial charge is 0.255 e. The van der Waals surface area contributed by atoms with Gasteiger partial charge in [-0.25, -0.2) is 21.8 Å². The minimum absolute atomic E-state index is 0.132. The SMILES string of the molecule is Cc1cccc(S(=O)(=O)NS(=O)(=O)c2ccccc2N=C(N)N=C(N)N)c1. The largest absolute Gasteiger partial charge is 0.370 e. The van der Waals surface area contributed by atoms with Gasteiger partial charge >= 0.3 is 0 Å². The standard InChI is InChI=1S/C15H18N6O4S2/c1-10-5-4-6-11(9-10)26(22,23)21-27(24,25)13-8-3-2-7-12(13)19-15(18)20-14(16)17/h2-9,21H,1H3,(H6,16,17,18,19,20). The number of nitrogens with zero attached hydrogens (tertiary/aromatic N) is 2. The molecule has 0 saturated carbocycles. The lowest BCUT2D eigenvalue weighted by Gasteiger charge is -2.10. The Bertz CT molecular complexity index is 1120. The van der Waals surface area contributed by atoms with Crippen LogP contribution in [0.15, 0.2) is 68.3 Å². The van der Waals surface area contributed by atoms with E-state index in [4.69, 9.17) is 17.2 Å². The lowest BCUT2D eigenvalue weighted by Crippen LogP contribution is -2.31. The van der Waals surface area contributed by atoms with E-state index in [0.717, 1.165) is 0 Å². The van der Waals surface area contributed by atoms with E-state index < -0.39 is 24.9 Å². The molecule has 144 valence electrons. The molecule has 2 aromatic rings. The van der Waals surface area contributed by atoms with E-state index in [-0.39, 0.29) is 22.5 Å². The van der Waals surface area contributed by atoms with Crippen LogP contribution in [0.4, 0.5) is 5.69 Å². The second-order valence-electron chi connectivity index (χ2n) is 5.38. The van der Waals surface area contributed by atoms with Crippen LogP contribution < -0.4 is 21.3 Å². The van der Waals surface area contributed by atoms with Crippen molar-refractivity contribution in [3.05, 3.63) is 54.1 Å². The number of aliphatic imine (C=N–C) groups is 2. The fourth-order valence-corrected chi connectivity index (χ4v) is 5.22. The van der Waals surface area contributed by atoms with Gasteiger partial charge in [-0.15, -0.1) is 4.13 Å². The molecule has 2 rings (SSSR count). The predicted molar refractivity (Wildman–Crippen MR) is 102 cm³/mol. The number of guanidine groups is 2. The number of nitrogens with one attached hydrogen (secondary N) is 1. The minimum atomic E-state index is -4.50. The van der Waals surface area contributed by atoms with Gasteiger partial charge < -0.3 is 17.2 Å². The summed E-state index contributed by atoms with van der Waals surface area (Å²) in [6.07, 6.45) is 0. The first-order valence-corrected chi connectivity index (χ1v) is 10.4. The van der Waals surface area contributed by atoms with Crippen LogP contribution in [0.25, 0.3) is 0 Å². The van der Waals surface area contributed by atoms with Gasteiger partial charge in [0.05, 0.1) is 10.6 Å². The second-order valence-corrected chi connectivity index (χ2v) is 8.97. The van der Waals surface area contributed by atoms with Crippen molar-refractivity contribution in [2.45, 2.75) is 16.7 Å². The normalized spacial score (nSPS) is 12.6. The lowest BCUT2D eigenvalue weighted by molar-refractivity contribution is 0.577. The molecule has 0 aromatic heterocycles. The zero-order valence-electron chi connectivity index (χ0n) is 14.2. The van der Waals surface area contributed by atoms with Crippen molar-refractivity contribution in [3.8, 4) is 0 Å². The minimum Gasteiger partial charge on any atom is -0.370 e. The van der Waals surface area contributed by atoms with Crippen LogP contribution in [0, 0.1) is 6.92 Å². The molecule has 0 bridgehead atoms. The highest BCUT2D eigenvalue weighted by atomic mass is 32.3. The van der Waals surface area contributed by atoms with Gasteiger partial charge in [-0.05, 0) is 36.8 Å². The quantitative estimate of drug-likeness (QED) is 0.391. The third kappa shape index (κ3) is 5.26. The summed E-state index contributed by atoms with van der Waals surface area (Å²) in [7, 11) is -8.83. The third-order valence-corrected chi connectivity index (χ3v) is 6.71. The Morgan fingerprint density at radius 1 is 0.926 bits per heavy atom. The molecule has 7 N–H and O–H groups in total. The first-order valence-electron chi connectivity index (χ1n) is 7.39.